The molecule has 2 aromatic rings. The van der Waals surface area contributed by atoms with Gasteiger partial charge in [0, 0.05) is 11.0 Å². The van der Waals surface area contributed by atoms with Gasteiger partial charge in [0.2, 0.25) is 0 Å². The first kappa shape index (κ1) is 17.7. The molecule has 2 N–H and O–H groups in total. The van der Waals surface area contributed by atoms with Crippen LogP contribution in [0.15, 0.2) is 48.5 Å². The molecule has 2 rings (SSSR count). The Morgan fingerprint density at radius 2 is 0.826 bits per heavy atom. The highest BCUT2D eigenvalue weighted by Crippen LogP contribution is 2.33. The average molecular weight is 309 g/mol. The Morgan fingerprint density at radius 3 is 1.13 bits per heavy atom. The van der Waals surface area contributed by atoms with Crippen LogP contribution in [0.1, 0.15) is 70.7 Å². The van der Waals surface area contributed by atoms with Crippen molar-refractivity contribution in [2.75, 3.05) is 0 Å². The fourth-order valence-corrected chi connectivity index (χ4v) is 2.87. The van der Waals surface area contributed by atoms with E-state index in [9.17, 15) is 0 Å². The van der Waals surface area contributed by atoms with E-state index in [1.807, 2.05) is 13.8 Å². The predicted octanol–water partition coefficient (Wildman–Crippen LogP) is 5.50. The van der Waals surface area contributed by atoms with Gasteiger partial charge in [0.15, 0.2) is 0 Å². The first-order valence-electron chi connectivity index (χ1n) is 8.43. The fraction of sp³-hybridized carbons (Fsp3) is 0.455. The van der Waals surface area contributed by atoms with E-state index in [1.54, 1.807) is 0 Å². The molecule has 124 valence electrons. The van der Waals surface area contributed by atoms with Gasteiger partial charge in [0.25, 0.3) is 0 Å². The molecule has 0 heterocycles. The van der Waals surface area contributed by atoms with Crippen molar-refractivity contribution >= 4 is 0 Å². The molecule has 0 aliphatic heterocycles. The summed E-state index contributed by atoms with van der Waals surface area (Å²) in [6.07, 6.45) is 0. The van der Waals surface area contributed by atoms with E-state index >= 15 is 0 Å². The lowest BCUT2D eigenvalue weighted by molar-refractivity contribution is 0.552. The van der Waals surface area contributed by atoms with E-state index in [1.165, 1.54) is 22.3 Å². The van der Waals surface area contributed by atoms with Crippen LogP contribution in [0, 0.1) is 0 Å². The molecular weight excluding hydrogens is 278 g/mol. The van der Waals surface area contributed by atoms with Crippen LogP contribution < -0.4 is 5.73 Å². The van der Waals surface area contributed by atoms with Crippen LogP contribution in [0.25, 0.3) is 0 Å². The Balaban J connectivity index is 2.34. The molecule has 1 heteroatoms. The molecular formula is C22H31N. The number of benzene rings is 2. The van der Waals surface area contributed by atoms with Crippen LogP contribution in [-0.4, -0.2) is 0 Å². The second-order valence-electron chi connectivity index (χ2n) is 8.75. The standard InChI is InChI=1S/C22H31N/c1-20(2,3)16-8-10-17(11-9-16)21(4,5)18-12-14-19(15-13-18)22(6,7)23/h8-15H,23H2,1-7H3. The molecule has 2 aromatic carbocycles. The number of rotatable bonds is 3. The SMILES string of the molecule is CC(C)(C)c1ccc(C(C)(C)c2ccc(C(C)(C)N)cc2)cc1. The lowest BCUT2D eigenvalue weighted by Crippen LogP contribution is -2.28. The summed E-state index contributed by atoms with van der Waals surface area (Å²) < 4.78 is 0. The van der Waals surface area contributed by atoms with Gasteiger partial charge in [-0.1, -0.05) is 83.1 Å². The largest absolute Gasteiger partial charge is 0.322 e. The maximum Gasteiger partial charge on any atom is 0.0352 e. The quantitative estimate of drug-likeness (QED) is 0.795. The molecule has 0 fully saturated rings. The van der Waals surface area contributed by atoms with Gasteiger partial charge in [0.05, 0.1) is 0 Å². The van der Waals surface area contributed by atoms with Crippen LogP contribution >= 0.6 is 0 Å². The molecule has 0 saturated heterocycles. The Hall–Kier alpha value is -1.60. The van der Waals surface area contributed by atoms with Crippen molar-refractivity contribution in [1.29, 1.82) is 0 Å². The van der Waals surface area contributed by atoms with Crippen LogP contribution in [-0.2, 0) is 16.4 Å². The van der Waals surface area contributed by atoms with E-state index in [-0.39, 0.29) is 16.4 Å². The molecule has 0 aliphatic rings. The summed E-state index contributed by atoms with van der Waals surface area (Å²) >= 11 is 0. The van der Waals surface area contributed by atoms with Crippen molar-refractivity contribution in [3.63, 3.8) is 0 Å². The van der Waals surface area contributed by atoms with Gasteiger partial charge in [0.1, 0.15) is 0 Å². The number of hydrogen-bond donors (Lipinski definition) is 1. The van der Waals surface area contributed by atoms with Crippen LogP contribution in [0.4, 0.5) is 0 Å². The second kappa shape index (κ2) is 5.79. The topological polar surface area (TPSA) is 26.0 Å². The Labute approximate surface area is 141 Å². The van der Waals surface area contributed by atoms with Gasteiger partial charge < -0.3 is 5.73 Å². The summed E-state index contributed by atoms with van der Waals surface area (Å²) in [7, 11) is 0. The summed E-state index contributed by atoms with van der Waals surface area (Å²) in [6.45, 7) is 15.4. The zero-order chi connectivity index (χ0) is 17.5. The van der Waals surface area contributed by atoms with E-state index in [0.717, 1.165) is 0 Å². The molecule has 0 saturated carbocycles. The summed E-state index contributed by atoms with van der Waals surface area (Å²) in [5.41, 5.74) is 11.3. The zero-order valence-electron chi connectivity index (χ0n) is 15.7. The maximum atomic E-state index is 6.18. The molecule has 0 bridgehead atoms. The highest BCUT2D eigenvalue weighted by atomic mass is 14.7. The van der Waals surface area contributed by atoms with E-state index < -0.39 is 0 Å². The van der Waals surface area contributed by atoms with Crippen LogP contribution in [0.2, 0.25) is 0 Å². The van der Waals surface area contributed by atoms with E-state index in [0.29, 0.717) is 0 Å². The van der Waals surface area contributed by atoms with Crippen molar-refractivity contribution in [3.8, 4) is 0 Å². The fourth-order valence-electron chi connectivity index (χ4n) is 2.87. The van der Waals surface area contributed by atoms with Crippen molar-refractivity contribution < 1.29 is 0 Å². The first-order valence-corrected chi connectivity index (χ1v) is 8.43. The van der Waals surface area contributed by atoms with Gasteiger partial charge in [-0.15, -0.1) is 0 Å². The predicted molar refractivity (Wildman–Crippen MR) is 101 cm³/mol. The Bertz CT molecular complexity index is 588. The molecule has 1 nitrogen and oxygen atoms in total. The van der Waals surface area contributed by atoms with Gasteiger partial charge in [-0.05, 0) is 41.5 Å². The smallest absolute Gasteiger partial charge is 0.0352 e. The van der Waals surface area contributed by atoms with Crippen LogP contribution in [0.3, 0.4) is 0 Å². The average Bonchev–Trinajstić information content (AvgIpc) is 2.46. The molecule has 0 aliphatic carbocycles. The third-order valence-corrected chi connectivity index (χ3v) is 4.82. The monoisotopic (exact) mass is 309 g/mol. The molecule has 0 aromatic heterocycles. The van der Waals surface area contributed by atoms with Crippen molar-refractivity contribution in [3.05, 3.63) is 70.8 Å². The normalized spacial score (nSPS) is 13.2. The molecule has 0 spiro atoms. The zero-order valence-corrected chi connectivity index (χ0v) is 15.7. The van der Waals surface area contributed by atoms with Crippen molar-refractivity contribution in [1.82, 2.24) is 0 Å². The molecule has 23 heavy (non-hydrogen) atoms. The maximum absolute atomic E-state index is 6.18. The highest BCUT2D eigenvalue weighted by molar-refractivity contribution is 5.41. The van der Waals surface area contributed by atoms with E-state index in [2.05, 4.69) is 83.1 Å². The number of nitrogens with two attached hydrogens (primary N) is 1. The van der Waals surface area contributed by atoms with Gasteiger partial charge >= 0.3 is 0 Å². The minimum absolute atomic E-state index is 0.0202. The van der Waals surface area contributed by atoms with Gasteiger partial charge in [-0.3, -0.25) is 0 Å². The third kappa shape index (κ3) is 3.84. The molecule has 0 radical (unpaired) electrons. The Kier molecular flexibility index (Phi) is 4.47. The lowest BCUT2D eigenvalue weighted by Gasteiger charge is -2.28. The van der Waals surface area contributed by atoms with Crippen molar-refractivity contribution in [2.24, 2.45) is 5.73 Å². The van der Waals surface area contributed by atoms with Crippen molar-refractivity contribution in [2.45, 2.75) is 64.8 Å². The van der Waals surface area contributed by atoms with Gasteiger partial charge in [-0.2, -0.15) is 0 Å². The van der Waals surface area contributed by atoms with E-state index in [4.69, 9.17) is 5.73 Å². The molecule has 0 atom stereocenters. The summed E-state index contributed by atoms with van der Waals surface area (Å²) in [6, 6.07) is 17.8. The minimum atomic E-state index is -0.295. The van der Waals surface area contributed by atoms with Crippen LogP contribution in [0.5, 0.6) is 0 Å². The lowest BCUT2D eigenvalue weighted by atomic mass is 9.76. The summed E-state index contributed by atoms with van der Waals surface area (Å²) in [5.74, 6) is 0. The second-order valence-corrected chi connectivity index (χ2v) is 8.75. The minimum Gasteiger partial charge on any atom is -0.322 e. The summed E-state index contributed by atoms with van der Waals surface area (Å²) in [5, 5.41) is 0. The molecule has 0 unspecified atom stereocenters. The first-order chi connectivity index (χ1) is 10.4. The Morgan fingerprint density at radius 1 is 0.522 bits per heavy atom. The van der Waals surface area contributed by atoms with Gasteiger partial charge in [-0.25, -0.2) is 0 Å². The number of hydrogen-bond acceptors (Lipinski definition) is 1. The summed E-state index contributed by atoms with van der Waals surface area (Å²) in [4.78, 5) is 0. The third-order valence-electron chi connectivity index (χ3n) is 4.82. The highest BCUT2D eigenvalue weighted by Gasteiger charge is 2.24. The molecule has 0 amide bonds.